The first kappa shape index (κ1) is 25.1. The quantitative estimate of drug-likeness (QED) is 0.217. The number of rotatable bonds is 8. The van der Waals surface area contributed by atoms with Crippen molar-refractivity contribution in [2.45, 2.75) is 62.8 Å². The van der Waals surface area contributed by atoms with Gasteiger partial charge in [0.2, 0.25) is 0 Å². The third-order valence-corrected chi connectivity index (χ3v) is 8.80. The van der Waals surface area contributed by atoms with Crippen molar-refractivity contribution in [1.29, 1.82) is 0 Å². The Morgan fingerprint density at radius 2 is 1.78 bits per heavy atom. The Labute approximate surface area is 216 Å². The highest BCUT2D eigenvalue weighted by atomic mass is 31.2. The van der Waals surface area contributed by atoms with Crippen molar-refractivity contribution in [2.75, 3.05) is 13.2 Å². The van der Waals surface area contributed by atoms with Crippen LogP contribution in [0.15, 0.2) is 65.7 Å². The van der Waals surface area contributed by atoms with E-state index in [1.807, 2.05) is 36.4 Å². The molecule has 2 aromatic rings. The lowest BCUT2D eigenvalue weighted by Crippen LogP contribution is -2.75. The van der Waals surface area contributed by atoms with E-state index in [0.29, 0.717) is 12.2 Å². The summed E-state index contributed by atoms with van der Waals surface area (Å²) in [4.78, 5) is 32.9. The molecular formula is C28H32O8P-. The van der Waals surface area contributed by atoms with Crippen LogP contribution in [0.4, 0.5) is 0 Å². The van der Waals surface area contributed by atoms with Crippen LogP contribution in [-0.4, -0.2) is 23.7 Å². The summed E-state index contributed by atoms with van der Waals surface area (Å²) < 4.78 is 28.8. The fraction of sp³-hybridized carbons (Fsp3) is 0.500. The van der Waals surface area contributed by atoms with Gasteiger partial charge in [0.05, 0.1) is 6.61 Å². The topological polar surface area (TPSA) is 107 Å². The number of ether oxygens (including phenoxy) is 2. The summed E-state index contributed by atoms with van der Waals surface area (Å²) in [5, 5.41) is 0. The first-order chi connectivity index (χ1) is 17.9. The second kappa shape index (κ2) is 9.84. The van der Waals surface area contributed by atoms with Crippen LogP contribution in [0, 0.1) is 11.8 Å². The van der Waals surface area contributed by atoms with Crippen molar-refractivity contribution in [2.24, 2.45) is 11.8 Å². The second-order valence-electron chi connectivity index (χ2n) is 10.4. The van der Waals surface area contributed by atoms with E-state index < -0.39 is 19.2 Å². The monoisotopic (exact) mass is 527 g/mol. The standard InChI is InChI=1S/C28H33O8P/c29-37(30,31)34-24-13-6-10-22(19-24)28(33-17-16-32-23-11-2-1-3-12-23)27(35-36-28)21-9-7-15-26(27)25-14-5-4-8-20(25)18-21/h1-3,6,10-13,19,21,26H,4-5,7-9,14-18H2,(H2,29,30,31)/p-1. The summed E-state index contributed by atoms with van der Waals surface area (Å²) in [5.41, 5.74) is 2.94. The maximum atomic E-state index is 11.5. The smallest absolute Gasteiger partial charge is 0.317 e. The molecule has 2 bridgehead atoms. The van der Waals surface area contributed by atoms with Gasteiger partial charge in [-0.25, -0.2) is 4.89 Å². The molecule has 8 nitrogen and oxygen atoms in total. The number of hydrogen-bond donors (Lipinski definition) is 1. The molecule has 1 N–H and O–H groups in total. The van der Waals surface area contributed by atoms with Gasteiger partial charge in [0.1, 0.15) is 18.1 Å². The molecule has 0 aromatic heterocycles. The lowest BCUT2D eigenvalue weighted by molar-refractivity contribution is -0.641. The zero-order chi connectivity index (χ0) is 25.5. The number of phosphoric ester groups is 1. The Morgan fingerprint density at radius 1 is 0.973 bits per heavy atom. The third kappa shape index (κ3) is 4.44. The molecule has 0 radical (unpaired) electrons. The molecule has 1 aliphatic heterocycles. The summed E-state index contributed by atoms with van der Waals surface area (Å²) in [5.74, 6) is -0.157. The van der Waals surface area contributed by atoms with Crippen LogP contribution in [0.2, 0.25) is 0 Å². The number of phosphoric acid groups is 1. The van der Waals surface area contributed by atoms with E-state index >= 15 is 0 Å². The average molecular weight is 528 g/mol. The van der Waals surface area contributed by atoms with E-state index in [4.69, 9.17) is 23.8 Å². The third-order valence-electron chi connectivity index (χ3n) is 8.36. The van der Waals surface area contributed by atoms with Crippen molar-refractivity contribution in [3.05, 3.63) is 71.3 Å². The molecule has 1 spiro atoms. The zero-order valence-electron chi connectivity index (χ0n) is 20.7. The molecule has 9 heteroatoms. The highest BCUT2D eigenvalue weighted by molar-refractivity contribution is 7.45. The van der Waals surface area contributed by atoms with Gasteiger partial charge in [-0.15, -0.1) is 0 Å². The Kier molecular flexibility index (Phi) is 6.68. The molecule has 1 saturated heterocycles. The minimum atomic E-state index is -4.98. The van der Waals surface area contributed by atoms with Gasteiger partial charge in [-0.05, 0) is 69.2 Å². The van der Waals surface area contributed by atoms with Crippen LogP contribution in [0.1, 0.15) is 56.9 Å². The first-order valence-electron chi connectivity index (χ1n) is 13.1. The van der Waals surface area contributed by atoms with Crippen LogP contribution in [0.3, 0.4) is 0 Å². The van der Waals surface area contributed by atoms with Gasteiger partial charge in [-0.2, -0.15) is 4.89 Å². The maximum absolute atomic E-state index is 11.5. The predicted molar refractivity (Wildman–Crippen MR) is 132 cm³/mol. The predicted octanol–water partition coefficient (Wildman–Crippen LogP) is 5.17. The Bertz CT molecular complexity index is 1210. The molecule has 198 valence electrons. The second-order valence-corrected chi connectivity index (χ2v) is 11.5. The number of hydrogen-bond acceptors (Lipinski definition) is 7. The molecule has 5 atom stereocenters. The fourth-order valence-electron chi connectivity index (χ4n) is 7.00. The molecule has 2 fully saturated rings. The molecule has 5 unspecified atom stereocenters. The molecule has 2 aromatic carbocycles. The largest absolute Gasteiger partial charge is 0.746 e. The minimum absolute atomic E-state index is 0.00830. The SMILES string of the molecule is O=P([O-])(O)Oc1cccc(C2(OCCOc3ccccc3)OOC23C2CCCC3C3=C(CCCC3)C2)c1. The Balaban J connectivity index is 1.36. The van der Waals surface area contributed by atoms with E-state index in [-0.39, 0.29) is 24.2 Å². The van der Waals surface area contributed by atoms with E-state index in [1.54, 1.807) is 17.7 Å². The zero-order valence-corrected chi connectivity index (χ0v) is 21.6. The molecule has 6 rings (SSSR count). The molecule has 37 heavy (non-hydrogen) atoms. The van der Waals surface area contributed by atoms with E-state index in [1.165, 1.54) is 24.5 Å². The van der Waals surface area contributed by atoms with E-state index in [2.05, 4.69) is 0 Å². The van der Waals surface area contributed by atoms with E-state index in [0.717, 1.165) is 44.3 Å². The number of para-hydroxylation sites is 1. The van der Waals surface area contributed by atoms with Crippen molar-refractivity contribution in [3.63, 3.8) is 0 Å². The maximum Gasteiger partial charge on any atom is 0.317 e. The van der Waals surface area contributed by atoms with Crippen molar-refractivity contribution < 1.29 is 38.1 Å². The normalized spacial score (nSPS) is 32.3. The Morgan fingerprint density at radius 3 is 2.57 bits per heavy atom. The van der Waals surface area contributed by atoms with E-state index in [9.17, 15) is 14.4 Å². The van der Waals surface area contributed by atoms with Gasteiger partial charge in [-0.1, -0.05) is 47.9 Å². The van der Waals surface area contributed by atoms with Gasteiger partial charge in [0.25, 0.3) is 5.79 Å². The number of allylic oxidation sites excluding steroid dienone is 1. The van der Waals surface area contributed by atoms with Crippen LogP contribution < -0.4 is 14.2 Å². The fourth-order valence-corrected chi connectivity index (χ4v) is 7.38. The lowest BCUT2D eigenvalue weighted by Gasteiger charge is -2.65. The highest BCUT2D eigenvalue weighted by Crippen LogP contribution is 2.67. The molecule has 1 heterocycles. The molecule has 3 aliphatic carbocycles. The van der Waals surface area contributed by atoms with Crippen molar-refractivity contribution in [3.8, 4) is 11.5 Å². The summed E-state index contributed by atoms with van der Waals surface area (Å²) in [6, 6.07) is 16.1. The molecular weight excluding hydrogens is 495 g/mol. The van der Waals surface area contributed by atoms with Crippen molar-refractivity contribution >= 4 is 7.82 Å². The molecule has 4 aliphatic rings. The summed E-state index contributed by atoms with van der Waals surface area (Å²) in [7, 11) is -4.98. The lowest BCUT2D eigenvalue weighted by atomic mass is 9.53. The Hall–Kier alpha value is -2.19. The molecule has 1 saturated carbocycles. The first-order valence-corrected chi connectivity index (χ1v) is 14.6. The van der Waals surface area contributed by atoms with Crippen LogP contribution in [0.25, 0.3) is 0 Å². The highest BCUT2D eigenvalue weighted by Gasteiger charge is 2.75. The minimum Gasteiger partial charge on any atom is -0.746 e. The van der Waals surface area contributed by atoms with Gasteiger partial charge >= 0.3 is 7.82 Å². The van der Waals surface area contributed by atoms with Crippen molar-refractivity contribution in [1.82, 2.24) is 0 Å². The average Bonchev–Trinajstić information content (AvgIpc) is 2.87. The van der Waals surface area contributed by atoms with Gasteiger partial charge < -0.3 is 23.8 Å². The van der Waals surface area contributed by atoms with Crippen LogP contribution in [-0.2, 0) is 24.9 Å². The molecule has 0 amide bonds. The number of fused-ring (bicyclic) bond motifs is 1. The van der Waals surface area contributed by atoms with Crippen LogP contribution in [0.5, 0.6) is 11.5 Å². The summed E-state index contributed by atoms with van der Waals surface area (Å²) in [6.45, 7) is 0.535. The van der Waals surface area contributed by atoms with Crippen LogP contribution >= 0.6 is 7.82 Å². The van der Waals surface area contributed by atoms with Gasteiger partial charge in [0.15, 0.2) is 5.60 Å². The summed E-state index contributed by atoms with van der Waals surface area (Å²) >= 11 is 0. The van der Waals surface area contributed by atoms with Gasteiger partial charge in [-0.3, -0.25) is 4.57 Å². The summed E-state index contributed by atoms with van der Waals surface area (Å²) in [6.07, 6.45) is 8.71. The number of benzene rings is 2. The van der Waals surface area contributed by atoms with Gasteiger partial charge in [0, 0.05) is 17.4 Å².